The van der Waals surface area contributed by atoms with E-state index in [1.54, 1.807) is 24.3 Å². The molecule has 1 heterocycles. The Morgan fingerprint density at radius 2 is 1.06 bits per heavy atom. The molecule has 2 aromatic rings. The highest BCUT2D eigenvalue weighted by molar-refractivity contribution is 7.89. The van der Waals surface area contributed by atoms with Crippen LogP contribution in [0.15, 0.2) is 46.2 Å². The highest BCUT2D eigenvalue weighted by atomic mass is 32.2. The van der Waals surface area contributed by atoms with Gasteiger partial charge in [-0.1, -0.05) is 12.1 Å². The number of methoxy groups -OCH3 is 2. The van der Waals surface area contributed by atoms with E-state index in [1.807, 2.05) is 13.8 Å². The van der Waals surface area contributed by atoms with Gasteiger partial charge in [-0.05, 0) is 55.7 Å². The monoisotopic (exact) mass is 468 g/mol. The molecule has 0 N–H and O–H groups in total. The summed E-state index contributed by atoms with van der Waals surface area (Å²) in [4.78, 5) is 0.161. The van der Waals surface area contributed by atoms with Crippen LogP contribution in [0, 0.1) is 13.8 Å². The zero-order valence-electron chi connectivity index (χ0n) is 18.2. The summed E-state index contributed by atoms with van der Waals surface area (Å²) in [6.07, 6.45) is 0.376. The highest BCUT2D eigenvalue weighted by Gasteiger charge is 2.34. The van der Waals surface area contributed by atoms with Crippen molar-refractivity contribution in [3.8, 4) is 11.5 Å². The Labute approximate surface area is 184 Å². The first kappa shape index (κ1) is 23.5. The van der Waals surface area contributed by atoms with E-state index in [1.165, 1.54) is 35.0 Å². The van der Waals surface area contributed by atoms with Crippen molar-refractivity contribution in [3.05, 3.63) is 47.5 Å². The third kappa shape index (κ3) is 4.72. The Kier molecular flexibility index (Phi) is 6.95. The predicted molar refractivity (Wildman–Crippen MR) is 118 cm³/mol. The SMILES string of the molecule is COc1cc(C)ccc1S(=O)(=O)N1CCCN(S(=O)(=O)c2ccc(C)cc2OC)CC1. The van der Waals surface area contributed by atoms with Crippen LogP contribution in [0.3, 0.4) is 0 Å². The molecule has 0 aromatic heterocycles. The number of aryl methyl sites for hydroxylation is 2. The average molecular weight is 469 g/mol. The van der Waals surface area contributed by atoms with E-state index in [4.69, 9.17) is 9.47 Å². The largest absolute Gasteiger partial charge is 0.495 e. The van der Waals surface area contributed by atoms with Crippen LogP contribution in [0.25, 0.3) is 0 Å². The summed E-state index contributed by atoms with van der Waals surface area (Å²) in [7, 11) is -4.81. The van der Waals surface area contributed by atoms with Gasteiger partial charge in [0, 0.05) is 26.2 Å². The van der Waals surface area contributed by atoms with Gasteiger partial charge < -0.3 is 9.47 Å². The molecule has 0 bridgehead atoms. The second kappa shape index (κ2) is 9.15. The van der Waals surface area contributed by atoms with Crippen molar-refractivity contribution < 1.29 is 26.3 Å². The summed E-state index contributed by atoms with van der Waals surface area (Å²) in [6.45, 7) is 4.24. The fraction of sp³-hybridized carbons (Fsp3) is 0.429. The van der Waals surface area contributed by atoms with Crippen LogP contribution in [0.2, 0.25) is 0 Å². The van der Waals surface area contributed by atoms with Gasteiger partial charge in [-0.15, -0.1) is 0 Å². The van der Waals surface area contributed by atoms with Gasteiger partial charge in [0.25, 0.3) is 0 Å². The van der Waals surface area contributed by atoms with Crippen molar-refractivity contribution in [3.63, 3.8) is 0 Å². The summed E-state index contributed by atoms with van der Waals surface area (Å²) in [5, 5.41) is 0. The summed E-state index contributed by atoms with van der Waals surface area (Å²) < 4.78 is 66.2. The molecule has 31 heavy (non-hydrogen) atoms. The smallest absolute Gasteiger partial charge is 0.246 e. The third-order valence-corrected chi connectivity index (χ3v) is 9.16. The molecule has 170 valence electrons. The fourth-order valence-electron chi connectivity index (χ4n) is 3.60. The minimum absolute atomic E-state index is 0.0484. The standard InChI is InChI=1S/C21H28N2O6S2/c1-16-6-8-20(18(14-16)28-3)30(24,25)22-10-5-11-23(13-12-22)31(26,27)21-9-7-17(2)15-19(21)29-4/h6-9,14-15H,5,10-13H2,1-4H3. The average Bonchev–Trinajstić information content (AvgIpc) is 3.00. The molecule has 3 rings (SSSR count). The minimum Gasteiger partial charge on any atom is -0.495 e. The number of hydrogen-bond acceptors (Lipinski definition) is 6. The molecule has 8 nitrogen and oxygen atoms in total. The van der Waals surface area contributed by atoms with Crippen molar-refractivity contribution in [1.29, 1.82) is 0 Å². The Hall–Kier alpha value is -2.14. The van der Waals surface area contributed by atoms with E-state index in [9.17, 15) is 16.8 Å². The second-order valence-corrected chi connectivity index (χ2v) is 11.3. The lowest BCUT2D eigenvalue weighted by Gasteiger charge is -2.23. The zero-order valence-corrected chi connectivity index (χ0v) is 19.8. The number of hydrogen-bond donors (Lipinski definition) is 0. The van der Waals surface area contributed by atoms with Crippen molar-refractivity contribution in [2.24, 2.45) is 0 Å². The molecule has 0 saturated carbocycles. The lowest BCUT2D eigenvalue weighted by molar-refractivity contribution is 0.383. The molecule has 0 amide bonds. The Morgan fingerprint density at radius 1 is 0.677 bits per heavy atom. The minimum atomic E-state index is -3.83. The molecule has 0 atom stereocenters. The lowest BCUT2D eigenvalue weighted by atomic mass is 10.2. The Bertz CT molecular complexity index is 1070. The Balaban J connectivity index is 1.87. The van der Waals surface area contributed by atoms with Crippen LogP contribution in [-0.4, -0.2) is 65.8 Å². The summed E-state index contributed by atoms with van der Waals surface area (Å²) >= 11 is 0. The van der Waals surface area contributed by atoms with Gasteiger partial charge in [-0.25, -0.2) is 16.8 Å². The Morgan fingerprint density at radius 3 is 1.42 bits per heavy atom. The van der Waals surface area contributed by atoms with Crippen molar-refractivity contribution >= 4 is 20.0 Å². The molecular formula is C21H28N2O6S2. The van der Waals surface area contributed by atoms with Crippen LogP contribution in [0.1, 0.15) is 17.5 Å². The van der Waals surface area contributed by atoms with E-state index in [0.717, 1.165) is 11.1 Å². The normalized spacial score (nSPS) is 16.6. The van der Waals surface area contributed by atoms with Gasteiger partial charge in [-0.3, -0.25) is 0 Å². The van der Waals surface area contributed by atoms with Gasteiger partial charge in [0.05, 0.1) is 14.2 Å². The van der Waals surface area contributed by atoms with Crippen molar-refractivity contribution in [2.45, 2.75) is 30.1 Å². The molecule has 0 aliphatic carbocycles. The molecule has 1 fully saturated rings. The van der Waals surface area contributed by atoms with E-state index in [-0.39, 0.29) is 47.5 Å². The number of rotatable bonds is 6. The first-order valence-corrected chi connectivity index (χ1v) is 12.8. The summed E-state index contributed by atoms with van der Waals surface area (Å²) in [6, 6.07) is 9.83. The van der Waals surface area contributed by atoms with Gasteiger partial charge in [-0.2, -0.15) is 8.61 Å². The van der Waals surface area contributed by atoms with E-state index < -0.39 is 20.0 Å². The fourth-order valence-corrected chi connectivity index (χ4v) is 6.82. The molecule has 1 saturated heterocycles. The topological polar surface area (TPSA) is 93.2 Å². The molecule has 1 aliphatic heterocycles. The lowest BCUT2D eigenvalue weighted by Crippen LogP contribution is -2.37. The van der Waals surface area contributed by atoms with Gasteiger partial charge in [0.2, 0.25) is 20.0 Å². The van der Waals surface area contributed by atoms with E-state index in [2.05, 4.69) is 0 Å². The molecular weight excluding hydrogens is 440 g/mol. The van der Waals surface area contributed by atoms with E-state index >= 15 is 0 Å². The van der Waals surface area contributed by atoms with Crippen LogP contribution in [0.5, 0.6) is 11.5 Å². The molecule has 0 spiro atoms. The van der Waals surface area contributed by atoms with Gasteiger partial charge in [0.1, 0.15) is 21.3 Å². The van der Waals surface area contributed by atoms with Crippen molar-refractivity contribution in [2.75, 3.05) is 40.4 Å². The summed E-state index contributed by atoms with van der Waals surface area (Å²) in [5.41, 5.74) is 1.77. The number of sulfonamides is 2. The number of ether oxygens (including phenoxy) is 2. The summed E-state index contributed by atoms with van der Waals surface area (Å²) in [5.74, 6) is 0.552. The first-order chi connectivity index (χ1) is 14.6. The maximum absolute atomic E-state index is 13.3. The number of benzene rings is 2. The highest BCUT2D eigenvalue weighted by Crippen LogP contribution is 2.31. The molecule has 0 radical (unpaired) electrons. The maximum Gasteiger partial charge on any atom is 0.246 e. The second-order valence-electron chi connectivity index (χ2n) is 7.47. The number of nitrogens with zero attached hydrogens (tertiary/aromatic N) is 2. The van der Waals surface area contributed by atoms with Crippen LogP contribution in [-0.2, 0) is 20.0 Å². The molecule has 0 unspecified atom stereocenters. The van der Waals surface area contributed by atoms with Crippen LogP contribution < -0.4 is 9.47 Å². The van der Waals surface area contributed by atoms with Gasteiger partial charge in [0.15, 0.2) is 0 Å². The molecule has 10 heteroatoms. The molecule has 2 aromatic carbocycles. The quantitative estimate of drug-likeness (QED) is 0.646. The zero-order chi connectivity index (χ0) is 22.8. The van der Waals surface area contributed by atoms with Crippen molar-refractivity contribution in [1.82, 2.24) is 8.61 Å². The molecule has 1 aliphatic rings. The van der Waals surface area contributed by atoms with Crippen LogP contribution in [0.4, 0.5) is 0 Å². The maximum atomic E-state index is 13.3. The van der Waals surface area contributed by atoms with Crippen LogP contribution >= 0.6 is 0 Å². The first-order valence-electron chi connectivity index (χ1n) is 9.91. The van der Waals surface area contributed by atoms with E-state index in [0.29, 0.717) is 6.42 Å². The predicted octanol–water partition coefficient (Wildman–Crippen LogP) is 2.41. The third-order valence-electron chi connectivity index (χ3n) is 5.29. The van der Waals surface area contributed by atoms with Gasteiger partial charge >= 0.3 is 0 Å².